The number of ether oxygens (including phenoxy) is 1. The van der Waals surface area contributed by atoms with Crippen LogP contribution in [0.1, 0.15) is 33.1 Å². The quantitative estimate of drug-likeness (QED) is 0.877. The summed E-state index contributed by atoms with van der Waals surface area (Å²) in [6, 6.07) is 7.51. The summed E-state index contributed by atoms with van der Waals surface area (Å²) >= 11 is 0. The van der Waals surface area contributed by atoms with Gasteiger partial charge in [0.1, 0.15) is 5.75 Å². The Kier molecular flexibility index (Phi) is 5.41. The van der Waals surface area contributed by atoms with E-state index in [1.807, 2.05) is 31.2 Å². The van der Waals surface area contributed by atoms with Crippen LogP contribution in [0, 0.1) is 5.92 Å². The molecule has 1 heterocycles. The van der Waals surface area contributed by atoms with E-state index in [0.717, 1.165) is 18.5 Å². The van der Waals surface area contributed by atoms with Gasteiger partial charge in [0.2, 0.25) is 11.8 Å². The SMILES string of the molecule is CCCC(C)NC(=O)C1CC(=O)N(c2cccc(OC)c2)C1. The highest BCUT2D eigenvalue weighted by Gasteiger charge is 2.35. The van der Waals surface area contributed by atoms with Crippen molar-refractivity contribution >= 4 is 17.5 Å². The molecule has 0 aliphatic carbocycles. The summed E-state index contributed by atoms with van der Waals surface area (Å²) in [6.07, 6.45) is 2.24. The molecule has 1 aromatic carbocycles. The molecule has 2 rings (SSSR count). The third-order valence-corrected chi connectivity index (χ3v) is 3.97. The van der Waals surface area contributed by atoms with E-state index in [4.69, 9.17) is 4.74 Å². The Morgan fingerprint density at radius 3 is 2.95 bits per heavy atom. The third-order valence-electron chi connectivity index (χ3n) is 3.97. The van der Waals surface area contributed by atoms with Gasteiger partial charge in [-0.25, -0.2) is 0 Å². The Morgan fingerprint density at radius 1 is 1.50 bits per heavy atom. The molecule has 0 aromatic heterocycles. The smallest absolute Gasteiger partial charge is 0.227 e. The highest BCUT2D eigenvalue weighted by atomic mass is 16.5. The molecule has 0 spiro atoms. The zero-order valence-electron chi connectivity index (χ0n) is 13.5. The van der Waals surface area contributed by atoms with E-state index < -0.39 is 0 Å². The van der Waals surface area contributed by atoms with E-state index in [9.17, 15) is 9.59 Å². The van der Waals surface area contributed by atoms with E-state index in [1.54, 1.807) is 12.0 Å². The minimum atomic E-state index is -0.280. The molecule has 1 N–H and O–H groups in total. The fourth-order valence-electron chi connectivity index (χ4n) is 2.78. The van der Waals surface area contributed by atoms with Gasteiger partial charge in [-0.15, -0.1) is 0 Å². The van der Waals surface area contributed by atoms with Crippen molar-refractivity contribution in [3.63, 3.8) is 0 Å². The lowest BCUT2D eigenvalue weighted by Crippen LogP contribution is -2.38. The van der Waals surface area contributed by atoms with Gasteiger partial charge in [-0.05, 0) is 25.5 Å². The van der Waals surface area contributed by atoms with Crippen LogP contribution in [0.5, 0.6) is 5.75 Å². The largest absolute Gasteiger partial charge is 0.497 e. The average molecular weight is 304 g/mol. The summed E-state index contributed by atoms with van der Waals surface area (Å²) in [5, 5.41) is 3.00. The van der Waals surface area contributed by atoms with Gasteiger partial charge in [0.15, 0.2) is 0 Å². The number of hydrogen-bond donors (Lipinski definition) is 1. The summed E-state index contributed by atoms with van der Waals surface area (Å²) in [5.74, 6) is 0.379. The van der Waals surface area contributed by atoms with Crippen molar-refractivity contribution in [1.29, 1.82) is 0 Å². The zero-order chi connectivity index (χ0) is 16.1. The molecule has 1 aliphatic heterocycles. The second kappa shape index (κ2) is 7.29. The van der Waals surface area contributed by atoms with E-state index in [-0.39, 0.29) is 30.2 Å². The molecule has 5 heteroatoms. The van der Waals surface area contributed by atoms with E-state index in [2.05, 4.69) is 12.2 Å². The number of carbonyl (C=O) groups is 2. The maximum Gasteiger partial charge on any atom is 0.227 e. The van der Waals surface area contributed by atoms with Crippen LogP contribution in [0.4, 0.5) is 5.69 Å². The van der Waals surface area contributed by atoms with Gasteiger partial charge in [-0.2, -0.15) is 0 Å². The summed E-state index contributed by atoms with van der Waals surface area (Å²) in [4.78, 5) is 26.1. The summed E-state index contributed by atoms with van der Waals surface area (Å²) in [7, 11) is 1.59. The molecule has 2 amide bonds. The van der Waals surface area contributed by atoms with Gasteiger partial charge in [0.25, 0.3) is 0 Å². The van der Waals surface area contributed by atoms with Gasteiger partial charge in [-0.3, -0.25) is 9.59 Å². The number of methoxy groups -OCH3 is 1. The number of rotatable bonds is 6. The number of nitrogens with zero attached hydrogens (tertiary/aromatic N) is 1. The molecule has 2 atom stereocenters. The highest BCUT2D eigenvalue weighted by molar-refractivity contribution is 6.00. The number of anilines is 1. The summed E-state index contributed by atoms with van der Waals surface area (Å²) in [6.45, 7) is 4.51. The van der Waals surface area contributed by atoms with Crippen LogP contribution >= 0.6 is 0 Å². The number of hydrogen-bond acceptors (Lipinski definition) is 3. The van der Waals surface area contributed by atoms with Gasteiger partial charge in [0, 0.05) is 30.8 Å². The van der Waals surface area contributed by atoms with Gasteiger partial charge in [0.05, 0.1) is 13.0 Å². The molecule has 0 bridgehead atoms. The molecule has 0 radical (unpaired) electrons. The monoisotopic (exact) mass is 304 g/mol. The second-order valence-electron chi connectivity index (χ2n) is 5.81. The second-order valence-corrected chi connectivity index (χ2v) is 5.81. The molecule has 0 saturated carbocycles. The predicted octanol–water partition coefficient (Wildman–Crippen LogP) is 2.35. The first kappa shape index (κ1) is 16.3. The molecular weight excluding hydrogens is 280 g/mol. The lowest BCUT2D eigenvalue weighted by molar-refractivity contribution is -0.126. The molecule has 1 saturated heterocycles. The minimum Gasteiger partial charge on any atom is -0.497 e. The van der Waals surface area contributed by atoms with Crippen molar-refractivity contribution in [3.8, 4) is 5.75 Å². The Bertz CT molecular complexity index is 544. The molecule has 2 unspecified atom stereocenters. The molecule has 120 valence electrons. The minimum absolute atomic E-state index is 0.0171. The third kappa shape index (κ3) is 3.78. The molecule has 22 heavy (non-hydrogen) atoms. The van der Waals surface area contributed by atoms with Crippen molar-refractivity contribution in [3.05, 3.63) is 24.3 Å². The highest BCUT2D eigenvalue weighted by Crippen LogP contribution is 2.28. The standard InChI is InChI=1S/C17H24N2O3/c1-4-6-12(2)18-17(21)13-9-16(20)19(11-13)14-7-5-8-15(10-14)22-3/h5,7-8,10,12-13H,4,6,9,11H2,1-3H3,(H,18,21). The molecule has 1 aromatic rings. The molecule has 1 aliphatic rings. The summed E-state index contributed by atoms with van der Waals surface area (Å²) in [5.41, 5.74) is 0.779. The van der Waals surface area contributed by atoms with Gasteiger partial charge in [-0.1, -0.05) is 19.4 Å². The first-order valence-electron chi connectivity index (χ1n) is 7.80. The Balaban J connectivity index is 2.02. The van der Waals surface area contributed by atoms with Gasteiger partial charge < -0.3 is 15.0 Å². The van der Waals surface area contributed by atoms with E-state index >= 15 is 0 Å². The van der Waals surface area contributed by atoms with E-state index in [0.29, 0.717) is 12.3 Å². The Hall–Kier alpha value is -2.04. The van der Waals surface area contributed by atoms with Crippen LogP contribution in [0.3, 0.4) is 0 Å². The van der Waals surface area contributed by atoms with E-state index in [1.165, 1.54) is 0 Å². The predicted molar refractivity (Wildman–Crippen MR) is 86.0 cm³/mol. The first-order chi connectivity index (χ1) is 10.5. The lowest BCUT2D eigenvalue weighted by atomic mass is 10.1. The van der Waals surface area contributed by atoms with Crippen LogP contribution in [0.15, 0.2) is 24.3 Å². The van der Waals surface area contributed by atoms with Crippen LogP contribution < -0.4 is 15.0 Å². The lowest BCUT2D eigenvalue weighted by Gasteiger charge is -2.18. The average Bonchev–Trinajstić information content (AvgIpc) is 2.89. The van der Waals surface area contributed by atoms with Crippen molar-refractivity contribution in [1.82, 2.24) is 5.32 Å². The maximum absolute atomic E-state index is 12.3. The first-order valence-corrected chi connectivity index (χ1v) is 7.80. The Morgan fingerprint density at radius 2 is 2.27 bits per heavy atom. The number of carbonyl (C=O) groups excluding carboxylic acids is 2. The zero-order valence-corrected chi connectivity index (χ0v) is 13.5. The number of nitrogens with one attached hydrogen (secondary N) is 1. The van der Waals surface area contributed by atoms with Crippen molar-refractivity contribution in [2.75, 3.05) is 18.6 Å². The fraction of sp³-hybridized carbons (Fsp3) is 0.529. The van der Waals surface area contributed by atoms with Crippen LogP contribution in [-0.2, 0) is 9.59 Å². The molecule has 5 nitrogen and oxygen atoms in total. The molecule has 1 fully saturated rings. The van der Waals surface area contributed by atoms with Crippen LogP contribution in [-0.4, -0.2) is 31.5 Å². The topological polar surface area (TPSA) is 58.6 Å². The summed E-state index contributed by atoms with van der Waals surface area (Å²) < 4.78 is 5.19. The molecular formula is C17H24N2O3. The number of amides is 2. The number of benzene rings is 1. The van der Waals surface area contributed by atoms with Crippen LogP contribution in [0.2, 0.25) is 0 Å². The van der Waals surface area contributed by atoms with Crippen molar-refractivity contribution in [2.24, 2.45) is 5.92 Å². The van der Waals surface area contributed by atoms with Crippen molar-refractivity contribution < 1.29 is 14.3 Å². The normalized spacial score (nSPS) is 19.1. The van der Waals surface area contributed by atoms with Gasteiger partial charge >= 0.3 is 0 Å². The van der Waals surface area contributed by atoms with Crippen LogP contribution in [0.25, 0.3) is 0 Å². The fourth-order valence-corrected chi connectivity index (χ4v) is 2.78. The van der Waals surface area contributed by atoms with Crippen molar-refractivity contribution in [2.45, 2.75) is 39.2 Å². The Labute approximate surface area is 131 Å². The maximum atomic E-state index is 12.3.